The van der Waals surface area contributed by atoms with Crippen LogP contribution in [-0.4, -0.2) is 6.54 Å². The molecule has 1 aromatic carbocycles. The number of unbranched alkanes of at least 4 members (excludes halogenated alkanes) is 2. The monoisotopic (exact) mass is 289 g/mol. The first kappa shape index (κ1) is 18.2. The predicted octanol–water partition coefficient (Wildman–Crippen LogP) is 5.68. The van der Waals surface area contributed by atoms with E-state index in [1.165, 1.54) is 36.8 Å². The smallest absolute Gasteiger partial charge is 0.0205 e. The average Bonchev–Trinajstić information content (AvgIpc) is 2.38. The molecule has 1 rings (SSSR count). The van der Waals surface area contributed by atoms with Crippen LogP contribution in [0.3, 0.4) is 0 Å². The van der Waals surface area contributed by atoms with Crippen LogP contribution in [0.15, 0.2) is 24.3 Å². The Kier molecular flexibility index (Phi) is 6.93. The van der Waals surface area contributed by atoms with Crippen molar-refractivity contribution in [1.29, 1.82) is 0 Å². The molecule has 0 saturated heterocycles. The first-order chi connectivity index (χ1) is 9.74. The van der Waals surface area contributed by atoms with Crippen LogP contribution in [0, 0.1) is 5.41 Å². The van der Waals surface area contributed by atoms with Gasteiger partial charge in [-0.2, -0.15) is 0 Å². The molecular formula is C20H35N. The van der Waals surface area contributed by atoms with Gasteiger partial charge >= 0.3 is 0 Å². The quantitative estimate of drug-likeness (QED) is 0.607. The van der Waals surface area contributed by atoms with Gasteiger partial charge in [-0.3, -0.25) is 0 Å². The van der Waals surface area contributed by atoms with Gasteiger partial charge in [0.25, 0.3) is 0 Å². The number of benzene rings is 1. The van der Waals surface area contributed by atoms with E-state index < -0.39 is 0 Å². The number of hydrogen-bond acceptors (Lipinski definition) is 1. The third kappa shape index (κ3) is 7.13. The Morgan fingerprint density at radius 2 is 1.52 bits per heavy atom. The lowest BCUT2D eigenvalue weighted by molar-refractivity contribution is 0.302. The fourth-order valence-corrected chi connectivity index (χ4v) is 2.61. The second kappa shape index (κ2) is 7.98. The number of hydrogen-bond donors (Lipinski definition) is 1. The van der Waals surface area contributed by atoms with Crippen LogP contribution in [0.25, 0.3) is 0 Å². The molecule has 0 aliphatic heterocycles. The van der Waals surface area contributed by atoms with Crippen molar-refractivity contribution in [3.8, 4) is 0 Å². The van der Waals surface area contributed by atoms with Crippen molar-refractivity contribution in [3.05, 3.63) is 35.4 Å². The summed E-state index contributed by atoms with van der Waals surface area (Å²) in [5.41, 5.74) is 3.44. The van der Waals surface area contributed by atoms with Gasteiger partial charge in [0.2, 0.25) is 0 Å². The molecule has 0 saturated carbocycles. The minimum atomic E-state index is 0.243. The molecule has 0 aliphatic rings. The van der Waals surface area contributed by atoms with E-state index >= 15 is 0 Å². The largest absolute Gasteiger partial charge is 0.312 e. The van der Waals surface area contributed by atoms with Crippen LogP contribution >= 0.6 is 0 Å². The average molecular weight is 290 g/mol. The summed E-state index contributed by atoms with van der Waals surface area (Å²) >= 11 is 0. The second-order valence-electron chi connectivity index (χ2n) is 8.17. The second-order valence-corrected chi connectivity index (χ2v) is 8.17. The highest BCUT2D eigenvalue weighted by molar-refractivity contribution is 5.27. The minimum absolute atomic E-state index is 0.243. The van der Waals surface area contributed by atoms with E-state index in [9.17, 15) is 0 Å². The lowest BCUT2D eigenvalue weighted by atomic mass is 9.86. The molecule has 0 spiro atoms. The van der Waals surface area contributed by atoms with E-state index in [1.807, 2.05) is 0 Å². The molecular weight excluding hydrogens is 254 g/mol. The molecule has 120 valence electrons. The maximum absolute atomic E-state index is 3.63. The first-order valence-corrected chi connectivity index (χ1v) is 8.55. The van der Waals surface area contributed by atoms with Crippen molar-refractivity contribution in [2.45, 2.75) is 79.2 Å². The Bertz CT molecular complexity index is 395. The van der Waals surface area contributed by atoms with Crippen LogP contribution < -0.4 is 5.32 Å². The summed E-state index contributed by atoms with van der Waals surface area (Å²) in [6.07, 6.45) is 5.34. The molecule has 0 aliphatic carbocycles. The fraction of sp³-hybridized carbons (Fsp3) is 0.700. The molecule has 0 aromatic heterocycles. The zero-order valence-corrected chi connectivity index (χ0v) is 15.1. The molecule has 21 heavy (non-hydrogen) atoms. The van der Waals surface area contributed by atoms with Crippen molar-refractivity contribution < 1.29 is 0 Å². The normalized spacial score (nSPS) is 12.7. The van der Waals surface area contributed by atoms with E-state index in [2.05, 4.69) is 71.1 Å². The molecule has 0 fully saturated rings. The summed E-state index contributed by atoms with van der Waals surface area (Å²) < 4.78 is 0. The predicted molar refractivity (Wildman–Crippen MR) is 94.8 cm³/mol. The van der Waals surface area contributed by atoms with Crippen LogP contribution in [0.2, 0.25) is 0 Å². The molecule has 0 bridgehead atoms. The van der Waals surface area contributed by atoms with E-state index in [0.717, 1.165) is 13.1 Å². The molecule has 1 heteroatoms. The van der Waals surface area contributed by atoms with Gasteiger partial charge in [0.1, 0.15) is 0 Å². The third-order valence-corrected chi connectivity index (χ3v) is 4.21. The zero-order valence-electron chi connectivity index (χ0n) is 15.1. The maximum Gasteiger partial charge on any atom is 0.0205 e. The van der Waals surface area contributed by atoms with Crippen LogP contribution in [0.4, 0.5) is 0 Å². The summed E-state index contributed by atoms with van der Waals surface area (Å²) in [4.78, 5) is 0. The minimum Gasteiger partial charge on any atom is -0.312 e. The molecule has 0 unspecified atom stereocenters. The SMILES string of the molecule is CCCCCC(C)(C)CNCc1ccc(C(C)(C)C)cc1. The van der Waals surface area contributed by atoms with Crippen molar-refractivity contribution in [1.82, 2.24) is 5.32 Å². The van der Waals surface area contributed by atoms with Gasteiger partial charge in [0, 0.05) is 13.1 Å². The van der Waals surface area contributed by atoms with Crippen molar-refractivity contribution in [2.24, 2.45) is 5.41 Å². The van der Waals surface area contributed by atoms with Gasteiger partial charge in [-0.05, 0) is 28.4 Å². The van der Waals surface area contributed by atoms with Crippen molar-refractivity contribution in [2.75, 3.05) is 6.54 Å². The molecule has 0 heterocycles. The van der Waals surface area contributed by atoms with E-state index in [0.29, 0.717) is 5.41 Å². The number of rotatable bonds is 8. The number of nitrogens with one attached hydrogen (secondary N) is 1. The van der Waals surface area contributed by atoms with Crippen molar-refractivity contribution in [3.63, 3.8) is 0 Å². The lowest BCUT2D eigenvalue weighted by Crippen LogP contribution is -2.29. The van der Waals surface area contributed by atoms with Gasteiger partial charge in [0.15, 0.2) is 0 Å². The summed E-state index contributed by atoms with van der Waals surface area (Å²) in [5, 5.41) is 3.63. The van der Waals surface area contributed by atoms with Gasteiger partial charge in [-0.25, -0.2) is 0 Å². The van der Waals surface area contributed by atoms with Gasteiger partial charge in [0.05, 0.1) is 0 Å². The highest BCUT2D eigenvalue weighted by Gasteiger charge is 2.16. The highest BCUT2D eigenvalue weighted by atomic mass is 14.9. The fourth-order valence-electron chi connectivity index (χ4n) is 2.61. The maximum atomic E-state index is 3.63. The Morgan fingerprint density at radius 3 is 2.05 bits per heavy atom. The lowest BCUT2D eigenvalue weighted by Gasteiger charge is -2.25. The molecule has 0 amide bonds. The molecule has 0 atom stereocenters. The Hall–Kier alpha value is -0.820. The Labute approximate surface area is 132 Å². The first-order valence-electron chi connectivity index (χ1n) is 8.55. The third-order valence-electron chi connectivity index (χ3n) is 4.21. The van der Waals surface area contributed by atoms with Crippen LogP contribution in [0.1, 0.15) is 78.4 Å². The van der Waals surface area contributed by atoms with Crippen molar-refractivity contribution >= 4 is 0 Å². The summed E-state index contributed by atoms with van der Waals surface area (Å²) in [5.74, 6) is 0. The van der Waals surface area contributed by atoms with Crippen LogP contribution in [-0.2, 0) is 12.0 Å². The zero-order chi connectivity index (χ0) is 15.9. The molecule has 1 N–H and O–H groups in total. The molecule has 0 radical (unpaired) electrons. The van der Waals surface area contributed by atoms with E-state index in [4.69, 9.17) is 0 Å². The van der Waals surface area contributed by atoms with Crippen LogP contribution in [0.5, 0.6) is 0 Å². The highest BCUT2D eigenvalue weighted by Crippen LogP contribution is 2.24. The molecule has 1 aromatic rings. The van der Waals surface area contributed by atoms with Gasteiger partial charge < -0.3 is 5.32 Å². The van der Waals surface area contributed by atoms with Gasteiger partial charge in [-0.1, -0.05) is 85.1 Å². The molecule has 1 nitrogen and oxygen atoms in total. The van der Waals surface area contributed by atoms with E-state index in [-0.39, 0.29) is 5.41 Å². The summed E-state index contributed by atoms with van der Waals surface area (Å²) in [6, 6.07) is 9.06. The standard InChI is InChI=1S/C20H35N/c1-7-8-9-14-20(5,6)16-21-15-17-10-12-18(13-11-17)19(2,3)4/h10-13,21H,7-9,14-16H2,1-6H3. The Balaban J connectivity index is 2.38. The summed E-state index contributed by atoms with van der Waals surface area (Å²) in [7, 11) is 0. The van der Waals surface area contributed by atoms with E-state index in [1.54, 1.807) is 0 Å². The Morgan fingerprint density at radius 1 is 0.905 bits per heavy atom. The van der Waals surface area contributed by atoms with Gasteiger partial charge in [-0.15, -0.1) is 0 Å². The topological polar surface area (TPSA) is 12.0 Å². The summed E-state index contributed by atoms with van der Waals surface area (Å²) in [6.45, 7) is 15.9.